The van der Waals surface area contributed by atoms with Gasteiger partial charge in [0.05, 0.1) is 11.9 Å². The SMILES string of the molecule is Nc1cnc(C(=O)O)nc1N. The zero-order valence-corrected chi connectivity index (χ0v) is 5.48. The van der Waals surface area contributed by atoms with Gasteiger partial charge < -0.3 is 16.6 Å². The standard InChI is InChI=1S/C5H6N4O2/c6-2-1-8-4(5(10)11)9-3(2)7/h1H,6H2,(H,10,11)(H2,7,8,9). The summed E-state index contributed by atoms with van der Waals surface area (Å²) in [6.07, 6.45) is 1.16. The fourth-order valence-electron chi connectivity index (χ4n) is 0.507. The zero-order valence-electron chi connectivity index (χ0n) is 5.48. The number of aromatic carboxylic acids is 1. The number of carboxylic acids is 1. The second-order valence-electron chi connectivity index (χ2n) is 1.84. The van der Waals surface area contributed by atoms with Gasteiger partial charge in [0, 0.05) is 0 Å². The number of carboxylic acid groups (broad SMARTS) is 1. The third-order valence-corrected chi connectivity index (χ3v) is 1.04. The van der Waals surface area contributed by atoms with E-state index < -0.39 is 5.97 Å². The first-order chi connectivity index (χ1) is 5.11. The Morgan fingerprint density at radius 1 is 1.55 bits per heavy atom. The lowest BCUT2D eigenvalue weighted by atomic mass is 10.5. The molecule has 0 amide bonds. The van der Waals surface area contributed by atoms with Crippen molar-refractivity contribution >= 4 is 17.5 Å². The lowest BCUT2D eigenvalue weighted by Crippen LogP contribution is -2.08. The normalized spacial score (nSPS) is 9.45. The van der Waals surface area contributed by atoms with Gasteiger partial charge in [0.25, 0.3) is 0 Å². The van der Waals surface area contributed by atoms with Crippen LogP contribution in [0.15, 0.2) is 6.20 Å². The first-order valence-electron chi connectivity index (χ1n) is 2.72. The zero-order chi connectivity index (χ0) is 8.43. The molecule has 58 valence electrons. The van der Waals surface area contributed by atoms with Crippen LogP contribution in [0.25, 0.3) is 0 Å². The highest BCUT2D eigenvalue weighted by molar-refractivity contribution is 5.84. The molecule has 0 aliphatic rings. The Morgan fingerprint density at radius 2 is 2.18 bits per heavy atom. The molecule has 0 spiro atoms. The molecule has 1 heterocycles. The van der Waals surface area contributed by atoms with E-state index in [1.165, 1.54) is 0 Å². The van der Waals surface area contributed by atoms with Crippen LogP contribution < -0.4 is 11.5 Å². The van der Waals surface area contributed by atoms with E-state index in [0.29, 0.717) is 0 Å². The lowest BCUT2D eigenvalue weighted by molar-refractivity contribution is 0.0683. The Balaban J connectivity index is 3.15. The van der Waals surface area contributed by atoms with Crippen LogP contribution in [0.3, 0.4) is 0 Å². The number of anilines is 2. The van der Waals surface area contributed by atoms with Crippen molar-refractivity contribution in [3.63, 3.8) is 0 Å². The third-order valence-electron chi connectivity index (χ3n) is 1.04. The fraction of sp³-hybridized carbons (Fsp3) is 0. The van der Waals surface area contributed by atoms with Crippen molar-refractivity contribution in [1.29, 1.82) is 0 Å². The molecule has 0 aliphatic heterocycles. The van der Waals surface area contributed by atoms with Gasteiger partial charge in [0.1, 0.15) is 0 Å². The Morgan fingerprint density at radius 3 is 2.64 bits per heavy atom. The quantitative estimate of drug-likeness (QED) is 0.494. The predicted octanol–water partition coefficient (Wildman–Crippen LogP) is -0.661. The van der Waals surface area contributed by atoms with Crippen molar-refractivity contribution in [3.8, 4) is 0 Å². The number of nitrogens with zero attached hydrogens (tertiary/aromatic N) is 2. The number of carbonyl (C=O) groups is 1. The second kappa shape index (κ2) is 2.41. The highest BCUT2D eigenvalue weighted by Crippen LogP contribution is 2.07. The summed E-state index contributed by atoms with van der Waals surface area (Å²) in [6, 6.07) is 0. The number of nitrogens with two attached hydrogens (primary N) is 2. The Labute approximate surface area is 61.9 Å². The van der Waals surface area contributed by atoms with Crippen LogP contribution in [0.1, 0.15) is 10.6 Å². The molecule has 0 aromatic carbocycles. The van der Waals surface area contributed by atoms with Crippen LogP contribution >= 0.6 is 0 Å². The van der Waals surface area contributed by atoms with E-state index in [1.54, 1.807) is 0 Å². The molecule has 0 unspecified atom stereocenters. The molecule has 6 heteroatoms. The molecule has 0 bridgehead atoms. The molecular formula is C5H6N4O2. The third kappa shape index (κ3) is 1.34. The summed E-state index contributed by atoms with van der Waals surface area (Å²) < 4.78 is 0. The molecule has 0 atom stereocenters. The van der Waals surface area contributed by atoms with Crippen molar-refractivity contribution < 1.29 is 9.90 Å². The molecule has 0 saturated heterocycles. The van der Waals surface area contributed by atoms with E-state index in [0.717, 1.165) is 6.20 Å². The molecule has 1 rings (SSSR count). The fourth-order valence-corrected chi connectivity index (χ4v) is 0.507. The summed E-state index contributed by atoms with van der Waals surface area (Å²) in [5.74, 6) is -1.59. The first-order valence-corrected chi connectivity index (χ1v) is 2.72. The number of hydrogen-bond donors (Lipinski definition) is 3. The molecule has 0 aliphatic carbocycles. The highest BCUT2D eigenvalue weighted by Gasteiger charge is 2.07. The van der Waals surface area contributed by atoms with Gasteiger partial charge in [-0.3, -0.25) is 0 Å². The van der Waals surface area contributed by atoms with Gasteiger partial charge in [-0.2, -0.15) is 0 Å². The Kier molecular flexibility index (Phi) is 1.59. The summed E-state index contributed by atoms with van der Waals surface area (Å²) in [5, 5.41) is 8.38. The van der Waals surface area contributed by atoms with Crippen LogP contribution in [0.5, 0.6) is 0 Å². The van der Waals surface area contributed by atoms with E-state index in [1.807, 2.05) is 0 Å². The monoisotopic (exact) mass is 154 g/mol. The summed E-state index contributed by atoms with van der Waals surface area (Å²) in [4.78, 5) is 17.1. The predicted molar refractivity (Wildman–Crippen MR) is 37.8 cm³/mol. The van der Waals surface area contributed by atoms with Crippen molar-refractivity contribution in [2.24, 2.45) is 0 Å². The number of hydrogen-bond acceptors (Lipinski definition) is 5. The smallest absolute Gasteiger partial charge is 0.374 e. The van der Waals surface area contributed by atoms with Crippen molar-refractivity contribution in [2.45, 2.75) is 0 Å². The van der Waals surface area contributed by atoms with Crippen molar-refractivity contribution in [3.05, 3.63) is 12.0 Å². The summed E-state index contributed by atoms with van der Waals surface area (Å²) in [5.41, 5.74) is 10.6. The van der Waals surface area contributed by atoms with Gasteiger partial charge in [-0.25, -0.2) is 14.8 Å². The maximum absolute atomic E-state index is 10.2. The van der Waals surface area contributed by atoms with Crippen molar-refractivity contribution in [2.75, 3.05) is 11.5 Å². The molecule has 6 nitrogen and oxygen atoms in total. The minimum atomic E-state index is -1.23. The van der Waals surface area contributed by atoms with Gasteiger partial charge in [-0.15, -0.1) is 0 Å². The molecule has 1 aromatic rings. The maximum atomic E-state index is 10.2. The summed E-state index contributed by atoms with van der Waals surface area (Å²) >= 11 is 0. The van der Waals surface area contributed by atoms with E-state index in [-0.39, 0.29) is 17.3 Å². The van der Waals surface area contributed by atoms with E-state index >= 15 is 0 Å². The average Bonchev–Trinajstić information content (AvgIpc) is 1.94. The van der Waals surface area contributed by atoms with Gasteiger partial charge in [-0.1, -0.05) is 0 Å². The van der Waals surface area contributed by atoms with Gasteiger partial charge in [-0.05, 0) is 0 Å². The van der Waals surface area contributed by atoms with E-state index in [4.69, 9.17) is 16.6 Å². The molecule has 0 fully saturated rings. The van der Waals surface area contributed by atoms with Crippen LogP contribution in [-0.2, 0) is 0 Å². The molecule has 1 aromatic heterocycles. The van der Waals surface area contributed by atoms with E-state index in [9.17, 15) is 4.79 Å². The Bertz CT molecular complexity index is 299. The van der Waals surface area contributed by atoms with E-state index in [2.05, 4.69) is 9.97 Å². The first kappa shape index (κ1) is 7.26. The lowest BCUT2D eigenvalue weighted by Gasteiger charge is -1.97. The molecule has 5 N–H and O–H groups in total. The van der Waals surface area contributed by atoms with Crippen LogP contribution in [0, 0.1) is 0 Å². The molecule has 0 radical (unpaired) electrons. The minimum absolute atomic E-state index is 0.0163. The van der Waals surface area contributed by atoms with Gasteiger partial charge >= 0.3 is 5.97 Å². The van der Waals surface area contributed by atoms with Crippen LogP contribution in [0.4, 0.5) is 11.5 Å². The van der Waals surface area contributed by atoms with Gasteiger partial charge in [0.15, 0.2) is 5.82 Å². The van der Waals surface area contributed by atoms with Crippen molar-refractivity contribution in [1.82, 2.24) is 9.97 Å². The highest BCUT2D eigenvalue weighted by atomic mass is 16.4. The Hall–Kier alpha value is -1.85. The maximum Gasteiger partial charge on any atom is 0.374 e. The number of nitrogen functional groups attached to an aromatic ring is 2. The summed E-state index contributed by atoms with van der Waals surface area (Å²) in [6.45, 7) is 0. The largest absolute Gasteiger partial charge is 0.475 e. The molecule has 0 saturated carbocycles. The number of rotatable bonds is 1. The second-order valence-corrected chi connectivity index (χ2v) is 1.84. The summed E-state index contributed by atoms with van der Waals surface area (Å²) in [7, 11) is 0. The molecule has 11 heavy (non-hydrogen) atoms. The topological polar surface area (TPSA) is 115 Å². The average molecular weight is 154 g/mol. The number of aromatic nitrogens is 2. The van der Waals surface area contributed by atoms with Crippen LogP contribution in [-0.4, -0.2) is 21.0 Å². The van der Waals surface area contributed by atoms with Gasteiger partial charge in [0.2, 0.25) is 5.82 Å². The van der Waals surface area contributed by atoms with Crippen LogP contribution in [0.2, 0.25) is 0 Å². The minimum Gasteiger partial charge on any atom is -0.475 e. The molecular weight excluding hydrogens is 148 g/mol.